The molecule has 0 radical (unpaired) electrons. The van der Waals surface area contributed by atoms with E-state index < -0.39 is 53.4 Å². The molecule has 3 rings (SSSR count). The molecule has 0 aromatic heterocycles. The molecular formula is C27H19ClF6N2O5. The van der Waals surface area contributed by atoms with Gasteiger partial charge in [-0.05, 0) is 65.7 Å². The molecule has 0 spiro atoms. The van der Waals surface area contributed by atoms with Crippen LogP contribution in [0.1, 0.15) is 27.0 Å². The number of aliphatic carboxylic acids is 1. The molecule has 0 saturated heterocycles. The Morgan fingerprint density at radius 2 is 1.56 bits per heavy atom. The van der Waals surface area contributed by atoms with Crippen LogP contribution in [0.5, 0.6) is 5.75 Å². The van der Waals surface area contributed by atoms with Gasteiger partial charge < -0.3 is 20.5 Å². The third kappa shape index (κ3) is 9.57. The number of carboxylic acid groups (broad SMARTS) is 1. The molecule has 0 aliphatic heterocycles. The number of nitrogens with one attached hydrogen (secondary N) is 2. The molecule has 2 amide bonds. The number of halogens is 7. The predicted molar refractivity (Wildman–Crippen MR) is 135 cm³/mol. The number of alkyl halides is 6. The molecule has 0 bridgehead atoms. The Labute approximate surface area is 233 Å². The van der Waals surface area contributed by atoms with Gasteiger partial charge in [0.15, 0.2) is 0 Å². The van der Waals surface area contributed by atoms with Crippen LogP contribution in [0.4, 0.5) is 26.3 Å². The maximum absolute atomic E-state index is 13.2. The van der Waals surface area contributed by atoms with Crippen molar-refractivity contribution in [2.75, 3.05) is 0 Å². The van der Waals surface area contributed by atoms with Crippen molar-refractivity contribution in [3.63, 3.8) is 0 Å². The average molecular weight is 601 g/mol. The number of ether oxygens (including phenoxy) is 1. The van der Waals surface area contributed by atoms with Crippen LogP contribution in [-0.4, -0.2) is 35.3 Å². The molecule has 3 aromatic rings. The molecule has 0 aliphatic rings. The van der Waals surface area contributed by atoms with Gasteiger partial charge in [-0.25, -0.2) is 4.79 Å². The summed E-state index contributed by atoms with van der Waals surface area (Å²) in [6.45, 7) is 0. The SMILES string of the molecule is O=C(N[C@H](Cc1ccc(Cl)cc1)C(=O)O)/C(=C/c1cccc(C(F)(F)F)c1)NC(=O)c1ccc(OC(F)(F)F)cc1. The van der Waals surface area contributed by atoms with E-state index in [9.17, 15) is 45.8 Å². The smallest absolute Gasteiger partial charge is 0.480 e. The summed E-state index contributed by atoms with van der Waals surface area (Å²) in [4.78, 5) is 37.8. The number of carboxylic acids is 1. The molecule has 1 atom stereocenters. The molecule has 3 aromatic carbocycles. The van der Waals surface area contributed by atoms with Gasteiger partial charge in [0.05, 0.1) is 5.56 Å². The summed E-state index contributed by atoms with van der Waals surface area (Å²) in [5, 5.41) is 14.4. The minimum Gasteiger partial charge on any atom is -0.480 e. The van der Waals surface area contributed by atoms with Gasteiger partial charge in [0, 0.05) is 17.0 Å². The minimum atomic E-state index is -4.98. The molecule has 0 saturated carbocycles. The van der Waals surface area contributed by atoms with Crippen LogP contribution in [0.15, 0.2) is 78.5 Å². The fourth-order valence-corrected chi connectivity index (χ4v) is 3.55. The zero-order valence-corrected chi connectivity index (χ0v) is 21.3. The highest BCUT2D eigenvalue weighted by molar-refractivity contribution is 6.30. The van der Waals surface area contributed by atoms with E-state index in [1.54, 1.807) is 0 Å². The number of hydrogen-bond acceptors (Lipinski definition) is 4. The van der Waals surface area contributed by atoms with Crippen LogP contribution in [-0.2, 0) is 22.2 Å². The van der Waals surface area contributed by atoms with Crippen molar-refractivity contribution in [3.8, 4) is 5.75 Å². The summed E-state index contributed by atoms with van der Waals surface area (Å²) in [6.07, 6.45) is -9.01. The van der Waals surface area contributed by atoms with Gasteiger partial charge in [-0.2, -0.15) is 13.2 Å². The van der Waals surface area contributed by atoms with Gasteiger partial charge in [-0.15, -0.1) is 13.2 Å². The molecule has 216 valence electrons. The van der Waals surface area contributed by atoms with Crippen molar-refractivity contribution in [1.82, 2.24) is 10.6 Å². The Balaban J connectivity index is 1.91. The second kappa shape index (κ2) is 12.8. The monoisotopic (exact) mass is 600 g/mol. The van der Waals surface area contributed by atoms with Crippen LogP contribution in [0.25, 0.3) is 6.08 Å². The highest BCUT2D eigenvalue weighted by Gasteiger charge is 2.32. The lowest BCUT2D eigenvalue weighted by atomic mass is 10.1. The Hall–Kier alpha value is -4.52. The highest BCUT2D eigenvalue weighted by atomic mass is 35.5. The number of carbonyl (C=O) groups is 3. The molecule has 3 N–H and O–H groups in total. The Kier molecular flexibility index (Phi) is 9.66. The predicted octanol–water partition coefficient (Wildman–Crippen LogP) is 5.84. The van der Waals surface area contributed by atoms with Crippen LogP contribution in [0.3, 0.4) is 0 Å². The first kappa shape index (κ1) is 31.0. The molecular weight excluding hydrogens is 582 g/mol. The van der Waals surface area contributed by atoms with E-state index in [0.29, 0.717) is 16.7 Å². The van der Waals surface area contributed by atoms with E-state index in [0.717, 1.165) is 42.5 Å². The first-order chi connectivity index (χ1) is 19.1. The number of benzene rings is 3. The van der Waals surface area contributed by atoms with E-state index in [4.69, 9.17) is 11.6 Å². The number of carbonyl (C=O) groups excluding carboxylic acids is 2. The van der Waals surface area contributed by atoms with Crippen molar-refractivity contribution in [3.05, 3.63) is 106 Å². The first-order valence-electron chi connectivity index (χ1n) is 11.4. The van der Waals surface area contributed by atoms with Crippen LogP contribution < -0.4 is 15.4 Å². The maximum atomic E-state index is 13.2. The molecule has 0 unspecified atom stereocenters. The van der Waals surface area contributed by atoms with E-state index in [2.05, 4.69) is 15.4 Å². The summed E-state index contributed by atoms with van der Waals surface area (Å²) in [5.74, 6) is -4.26. The van der Waals surface area contributed by atoms with E-state index in [1.807, 2.05) is 0 Å². The van der Waals surface area contributed by atoms with Crippen molar-refractivity contribution in [2.24, 2.45) is 0 Å². The van der Waals surface area contributed by atoms with Crippen LogP contribution in [0.2, 0.25) is 5.02 Å². The zero-order valence-electron chi connectivity index (χ0n) is 20.5. The lowest BCUT2D eigenvalue weighted by Gasteiger charge is -2.17. The summed E-state index contributed by atoms with van der Waals surface area (Å²) in [6, 6.07) is 11.9. The molecule has 14 heteroatoms. The number of rotatable bonds is 9. The molecule has 7 nitrogen and oxygen atoms in total. The van der Waals surface area contributed by atoms with Gasteiger partial charge in [-0.1, -0.05) is 35.9 Å². The third-order valence-corrected chi connectivity index (χ3v) is 5.58. The lowest BCUT2D eigenvalue weighted by Crippen LogP contribution is -2.45. The van der Waals surface area contributed by atoms with Crippen LogP contribution in [0, 0.1) is 0 Å². The zero-order chi connectivity index (χ0) is 30.4. The van der Waals surface area contributed by atoms with E-state index in [-0.39, 0.29) is 17.5 Å². The maximum Gasteiger partial charge on any atom is 0.573 e. The topological polar surface area (TPSA) is 105 Å². The average Bonchev–Trinajstić information content (AvgIpc) is 2.88. The molecule has 0 aliphatic carbocycles. The van der Waals surface area contributed by atoms with Crippen LogP contribution >= 0.6 is 11.6 Å². The van der Waals surface area contributed by atoms with Gasteiger partial charge in [-0.3, -0.25) is 9.59 Å². The standard InChI is InChI=1S/C27H19ClF6N2O5/c28-19-8-4-15(5-9-19)13-22(25(39)40)36-24(38)21(14-16-2-1-3-18(12-16)26(29,30)31)35-23(37)17-6-10-20(11-7-17)41-27(32,33)34/h1-12,14,22H,13H2,(H,35,37)(H,36,38)(H,39,40)/b21-14-/t22-/m1/s1. The summed E-state index contributed by atoms with van der Waals surface area (Å²) >= 11 is 5.83. The minimum absolute atomic E-state index is 0.163. The summed E-state index contributed by atoms with van der Waals surface area (Å²) in [5.41, 5.74) is -1.60. The van der Waals surface area contributed by atoms with E-state index >= 15 is 0 Å². The quantitative estimate of drug-likeness (QED) is 0.211. The summed E-state index contributed by atoms with van der Waals surface area (Å²) in [7, 11) is 0. The second-order valence-electron chi connectivity index (χ2n) is 8.40. The van der Waals surface area contributed by atoms with Crippen molar-refractivity contribution in [2.45, 2.75) is 25.0 Å². The normalized spacial score (nSPS) is 12.8. The van der Waals surface area contributed by atoms with Gasteiger partial charge in [0.2, 0.25) is 0 Å². The Bertz CT molecular complexity index is 1440. The lowest BCUT2D eigenvalue weighted by molar-refractivity contribution is -0.274. The number of amides is 2. The molecule has 41 heavy (non-hydrogen) atoms. The number of hydrogen-bond donors (Lipinski definition) is 3. The van der Waals surface area contributed by atoms with Gasteiger partial charge >= 0.3 is 18.5 Å². The molecule has 0 fully saturated rings. The fourth-order valence-electron chi connectivity index (χ4n) is 3.42. The van der Waals surface area contributed by atoms with Gasteiger partial charge in [0.25, 0.3) is 11.8 Å². The fraction of sp³-hybridized carbons (Fsp3) is 0.148. The Morgan fingerprint density at radius 1 is 0.927 bits per heavy atom. The third-order valence-electron chi connectivity index (χ3n) is 5.32. The largest absolute Gasteiger partial charge is 0.573 e. The highest BCUT2D eigenvalue weighted by Crippen LogP contribution is 2.30. The van der Waals surface area contributed by atoms with Crippen molar-refractivity contribution < 1.29 is 50.6 Å². The summed E-state index contributed by atoms with van der Waals surface area (Å²) < 4.78 is 80.6. The molecule has 0 heterocycles. The second-order valence-corrected chi connectivity index (χ2v) is 8.84. The van der Waals surface area contributed by atoms with E-state index in [1.165, 1.54) is 30.3 Å². The van der Waals surface area contributed by atoms with Crippen molar-refractivity contribution >= 4 is 35.5 Å². The Morgan fingerprint density at radius 3 is 2.12 bits per heavy atom. The van der Waals surface area contributed by atoms with Gasteiger partial charge in [0.1, 0.15) is 17.5 Å². The van der Waals surface area contributed by atoms with Crippen molar-refractivity contribution in [1.29, 1.82) is 0 Å². The first-order valence-corrected chi connectivity index (χ1v) is 11.8.